The Labute approximate surface area is 128 Å². The van der Waals surface area contributed by atoms with Crippen LogP contribution >= 0.6 is 0 Å². The van der Waals surface area contributed by atoms with Crippen LogP contribution in [0.25, 0.3) is 0 Å². The number of carbonyl (C=O) groups is 1. The number of carbonyl (C=O) groups excluding carboxylic acids is 1. The van der Waals surface area contributed by atoms with Gasteiger partial charge in [-0.25, -0.2) is 0 Å². The first-order valence-corrected chi connectivity index (χ1v) is 8.20. The summed E-state index contributed by atoms with van der Waals surface area (Å²) in [6.45, 7) is 4.81. The van der Waals surface area contributed by atoms with Gasteiger partial charge in [0.25, 0.3) is 0 Å². The Balaban J connectivity index is 1.68. The normalized spacial score (nSPS) is 21.8. The Bertz CT molecular complexity index is 441. The van der Waals surface area contributed by atoms with Gasteiger partial charge in [-0.3, -0.25) is 4.79 Å². The van der Waals surface area contributed by atoms with Crippen molar-refractivity contribution in [2.24, 2.45) is 5.92 Å². The minimum absolute atomic E-state index is 0.110. The summed E-state index contributed by atoms with van der Waals surface area (Å²) >= 11 is 0. The molecule has 3 nitrogen and oxygen atoms in total. The molecule has 2 rings (SSSR count). The Kier molecular flexibility index (Phi) is 6.09. The topological polar surface area (TPSA) is 38.3 Å². The van der Waals surface area contributed by atoms with Crippen molar-refractivity contribution in [1.29, 1.82) is 0 Å². The van der Waals surface area contributed by atoms with Crippen molar-refractivity contribution in [2.45, 2.75) is 58.4 Å². The summed E-state index contributed by atoms with van der Waals surface area (Å²) in [7, 11) is 0. The molecule has 1 aliphatic carbocycles. The highest BCUT2D eigenvalue weighted by Gasteiger charge is 2.22. The molecule has 1 aromatic carbocycles. The van der Waals surface area contributed by atoms with Gasteiger partial charge in [0.1, 0.15) is 5.75 Å². The number of rotatable bonds is 6. The molecule has 1 aromatic rings. The van der Waals surface area contributed by atoms with E-state index in [1.807, 2.05) is 12.1 Å². The van der Waals surface area contributed by atoms with Crippen molar-refractivity contribution in [3.63, 3.8) is 0 Å². The first kappa shape index (κ1) is 15.9. The highest BCUT2D eigenvalue weighted by atomic mass is 16.5. The number of amides is 1. The molecule has 0 aromatic heterocycles. The predicted octanol–water partition coefficient (Wildman–Crippen LogP) is 3.71. The first-order chi connectivity index (χ1) is 10.2. The van der Waals surface area contributed by atoms with Crippen LogP contribution in [0.2, 0.25) is 0 Å². The molecule has 0 heterocycles. The molecule has 0 radical (unpaired) electrons. The Morgan fingerprint density at radius 3 is 2.62 bits per heavy atom. The largest absolute Gasteiger partial charge is 0.493 e. The molecule has 3 heteroatoms. The second kappa shape index (κ2) is 8.06. The lowest BCUT2D eigenvalue weighted by Crippen LogP contribution is -2.41. The van der Waals surface area contributed by atoms with Crippen LogP contribution in [0, 0.1) is 5.92 Å². The number of benzene rings is 1. The van der Waals surface area contributed by atoms with Gasteiger partial charge in [-0.2, -0.15) is 0 Å². The highest BCUT2D eigenvalue weighted by Crippen LogP contribution is 2.23. The zero-order chi connectivity index (χ0) is 15.1. The van der Waals surface area contributed by atoms with E-state index >= 15 is 0 Å². The lowest BCUT2D eigenvalue weighted by molar-refractivity contribution is -0.122. The van der Waals surface area contributed by atoms with Crippen LogP contribution in [-0.2, 0) is 11.2 Å². The van der Waals surface area contributed by atoms with E-state index in [1.54, 1.807) is 0 Å². The van der Waals surface area contributed by atoms with Crippen molar-refractivity contribution in [2.75, 3.05) is 6.61 Å². The summed E-state index contributed by atoms with van der Waals surface area (Å²) in [5, 5.41) is 3.15. The molecule has 2 unspecified atom stereocenters. The number of nitrogens with one attached hydrogen (secondary N) is 1. The van der Waals surface area contributed by atoms with Gasteiger partial charge < -0.3 is 10.1 Å². The Hall–Kier alpha value is -1.51. The maximum atomic E-state index is 12.0. The average Bonchev–Trinajstić information content (AvgIpc) is 2.50. The molecule has 1 saturated carbocycles. The molecule has 116 valence electrons. The lowest BCUT2D eigenvalue weighted by Gasteiger charge is -2.29. The minimum Gasteiger partial charge on any atom is -0.493 e. The highest BCUT2D eigenvalue weighted by molar-refractivity contribution is 5.76. The minimum atomic E-state index is 0.110. The van der Waals surface area contributed by atoms with Crippen LogP contribution in [-0.4, -0.2) is 18.6 Å². The molecular weight excluding hydrogens is 262 g/mol. The fourth-order valence-corrected chi connectivity index (χ4v) is 2.89. The van der Waals surface area contributed by atoms with Gasteiger partial charge in [0, 0.05) is 6.04 Å². The van der Waals surface area contributed by atoms with E-state index in [2.05, 4.69) is 31.3 Å². The number of hydrogen-bond acceptors (Lipinski definition) is 2. The van der Waals surface area contributed by atoms with E-state index in [0.29, 0.717) is 25.0 Å². The van der Waals surface area contributed by atoms with Crippen LogP contribution in [0.3, 0.4) is 0 Å². The van der Waals surface area contributed by atoms with Crippen LogP contribution in [0.1, 0.15) is 51.5 Å². The van der Waals surface area contributed by atoms with Crippen molar-refractivity contribution in [3.8, 4) is 5.75 Å². The molecule has 0 bridgehead atoms. The average molecular weight is 289 g/mol. The zero-order valence-corrected chi connectivity index (χ0v) is 13.2. The molecule has 0 aliphatic heterocycles. The third-order valence-electron chi connectivity index (χ3n) is 4.39. The van der Waals surface area contributed by atoms with Gasteiger partial charge >= 0.3 is 0 Å². The van der Waals surface area contributed by atoms with Crippen LogP contribution in [0.15, 0.2) is 24.3 Å². The van der Waals surface area contributed by atoms with Crippen LogP contribution in [0.5, 0.6) is 5.75 Å². The molecule has 0 spiro atoms. The third kappa shape index (κ3) is 5.07. The summed E-state index contributed by atoms with van der Waals surface area (Å²) < 4.78 is 5.63. The third-order valence-corrected chi connectivity index (χ3v) is 4.39. The fourth-order valence-electron chi connectivity index (χ4n) is 2.89. The maximum absolute atomic E-state index is 12.0. The van der Waals surface area contributed by atoms with Crippen molar-refractivity contribution < 1.29 is 9.53 Å². The second-order valence-corrected chi connectivity index (χ2v) is 6.03. The van der Waals surface area contributed by atoms with E-state index in [0.717, 1.165) is 18.6 Å². The summed E-state index contributed by atoms with van der Waals surface area (Å²) in [6.07, 6.45) is 6.33. The molecular formula is C18H27NO2. The van der Waals surface area contributed by atoms with E-state index in [9.17, 15) is 4.79 Å². The van der Waals surface area contributed by atoms with E-state index in [1.165, 1.54) is 24.8 Å². The number of aryl methyl sites for hydroxylation is 1. The molecule has 2 atom stereocenters. The predicted molar refractivity (Wildman–Crippen MR) is 85.5 cm³/mol. The van der Waals surface area contributed by atoms with Crippen LogP contribution < -0.4 is 10.1 Å². The van der Waals surface area contributed by atoms with Gasteiger partial charge in [-0.05, 0) is 42.9 Å². The van der Waals surface area contributed by atoms with Crippen LogP contribution in [0.4, 0.5) is 0 Å². The summed E-state index contributed by atoms with van der Waals surface area (Å²) in [6, 6.07) is 8.44. The van der Waals surface area contributed by atoms with E-state index in [4.69, 9.17) is 4.74 Å². The van der Waals surface area contributed by atoms with Crippen molar-refractivity contribution in [1.82, 2.24) is 5.32 Å². The van der Waals surface area contributed by atoms with Gasteiger partial charge in [0.2, 0.25) is 5.91 Å². The van der Waals surface area contributed by atoms with Crippen molar-refractivity contribution >= 4 is 5.91 Å². The number of hydrogen-bond donors (Lipinski definition) is 1. The van der Waals surface area contributed by atoms with Gasteiger partial charge in [0.05, 0.1) is 13.0 Å². The smallest absolute Gasteiger partial charge is 0.223 e. The van der Waals surface area contributed by atoms with E-state index in [-0.39, 0.29) is 5.91 Å². The standard InChI is InChI=1S/C18H27NO2/c1-3-15-8-10-16(11-9-15)21-13-12-18(20)19-17-7-5-4-6-14(17)2/h8-11,14,17H,3-7,12-13H2,1-2H3,(H,19,20). The van der Waals surface area contributed by atoms with Gasteiger partial charge in [0.15, 0.2) is 0 Å². The van der Waals surface area contributed by atoms with Crippen molar-refractivity contribution in [3.05, 3.63) is 29.8 Å². The zero-order valence-electron chi connectivity index (χ0n) is 13.2. The first-order valence-electron chi connectivity index (χ1n) is 8.20. The van der Waals surface area contributed by atoms with E-state index < -0.39 is 0 Å². The van der Waals surface area contributed by atoms with Gasteiger partial charge in [-0.15, -0.1) is 0 Å². The quantitative estimate of drug-likeness (QED) is 0.867. The SMILES string of the molecule is CCc1ccc(OCCC(=O)NC2CCCCC2C)cc1. The lowest BCUT2D eigenvalue weighted by atomic mass is 9.86. The fraction of sp³-hybridized carbons (Fsp3) is 0.611. The summed E-state index contributed by atoms with van der Waals surface area (Å²) in [4.78, 5) is 12.0. The monoisotopic (exact) mass is 289 g/mol. The number of ether oxygens (including phenoxy) is 1. The summed E-state index contributed by atoms with van der Waals surface area (Å²) in [5.41, 5.74) is 1.30. The molecule has 1 amide bonds. The summed E-state index contributed by atoms with van der Waals surface area (Å²) in [5.74, 6) is 1.55. The molecule has 1 N–H and O–H groups in total. The maximum Gasteiger partial charge on any atom is 0.223 e. The molecule has 1 fully saturated rings. The Morgan fingerprint density at radius 1 is 1.24 bits per heavy atom. The molecule has 0 saturated heterocycles. The Morgan fingerprint density at radius 2 is 1.95 bits per heavy atom. The second-order valence-electron chi connectivity index (χ2n) is 6.03. The molecule has 1 aliphatic rings. The molecule has 21 heavy (non-hydrogen) atoms. The van der Waals surface area contributed by atoms with Gasteiger partial charge in [-0.1, -0.05) is 38.8 Å².